The summed E-state index contributed by atoms with van der Waals surface area (Å²) in [7, 11) is 1.68. The van der Waals surface area contributed by atoms with Crippen molar-refractivity contribution in [3.8, 4) is 17.6 Å². The molecule has 0 aliphatic carbocycles. The Morgan fingerprint density at radius 2 is 2.06 bits per heavy atom. The third kappa shape index (κ3) is 5.03. The fourth-order valence-electron chi connectivity index (χ4n) is 1.38. The highest BCUT2D eigenvalue weighted by molar-refractivity contribution is 7.99. The van der Waals surface area contributed by atoms with Crippen molar-refractivity contribution < 1.29 is 4.74 Å². The zero-order valence-electron chi connectivity index (χ0n) is 11.5. The molecule has 3 heteroatoms. The van der Waals surface area contributed by atoms with Crippen molar-refractivity contribution in [2.75, 3.05) is 13.7 Å². The molecule has 0 amide bonds. The van der Waals surface area contributed by atoms with Crippen LogP contribution in [0.1, 0.15) is 31.9 Å². The van der Waals surface area contributed by atoms with Gasteiger partial charge in [0.1, 0.15) is 5.75 Å². The molecule has 0 aromatic heterocycles. The molecule has 0 radical (unpaired) electrons. The summed E-state index contributed by atoms with van der Waals surface area (Å²) in [5, 5.41) is 0. The molecular weight excluding hydrogens is 242 g/mol. The molecule has 0 bridgehead atoms. The summed E-state index contributed by atoms with van der Waals surface area (Å²) in [4.78, 5) is 0. The monoisotopic (exact) mass is 263 g/mol. The molecule has 0 aliphatic heterocycles. The first-order valence-corrected chi connectivity index (χ1v) is 6.94. The molecule has 0 heterocycles. The molecule has 2 nitrogen and oxygen atoms in total. The van der Waals surface area contributed by atoms with Crippen LogP contribution < -0.4 is 10.5 Å². The second-order valence-corrected chi connectivity index (χ2v) is 6.73. The second kappa shape index (κ2) is 6.72. The van der Waals surface area contributed by atoms with Crippen molar-refractivity contribution in [1.29, 1.82) is 0 Å². The van der Waals surface area contributed by atoms with E-state index in [4.69, 9.17) is 10.5 Å². The van der Waals surface area contributed by atoms with Crippen LogP contribution in [0, 0.1) is 11.8 Å². The minimum atomic E-state index is 0.238. The van der Waals surface area contributed by atoms with Gasteiger partial charge in [-0.15, -0.1) is 0 Å². The van der Waals surface area contributed by atoms with E-state index in [-0.39, 0.29) is 4.75 Å². The van der Waals surface area contributed by atoms with E-state index in [1.807, 2.05) is 23.9 Å². The smallest absolute Gasteiger partial charge is 0.119 e. The lowest BCUT2D eigenvalue weighted by Gasteiger charge is -2.18. The number of thioether (sulfide) groups is 1. The second-order valence-electron chi connectivity index (χ2n) is 4.93. The van der Waals surface area contributed by atoms with Gasteiger partial charge in [-0.3, -0.25) is 0 Å². The minimum Gasteiger partial charge on any atom is -0.497 e. The SMILES string of the molecule is COc1ccc(C#CCN)c(CSC(C)(C)C)c1. The molecule has 0 fully saturated rings. The van der Waals surface area contributed by atoms with Crippen LogP contribution in [0.3, 0.4) is 0 Å². The van der Waals surface area contributed by atoms with Crippen LogP contribution in [0.4, 0.5) is 0 Å². The van der Waals surface area contributed by atoms with Gasteiger partial charge in [0.2, 0.25) is 0 Å². The Morgan fingerprint density at radius 3 is 2.61 bits per heavy atom. The van der Waals surface area contributed by atoms with E-state index in [0.717, 1.165) is 17.1 Å². The average molecular weight is 263 g/mol. The van der Waals surface area contributed by atoms with Crippen LogP contribution in [0.25, 0.3) is 0 Å². The maximum atomic E-state index is 5.42. The Bertz CT molecular complexity index is 452. The highest BCUT2D eigenvalue weighted by atomic mass is 32.2. The number of hydrogen-bond donors (Lipinski definition) is 1. The first-order valence-electron chi connectivity index (χ1n) is 5.96. The molecule has 0 aliphatic rings. The van der Waals surface area contributed by atoms with Gasteiger partial charge < -0.3 is 10.5 Å². The summed E-state index contributed by atoms with van der Waals surface area (Å²) in [5.74, 6) is 7.82. The van der Waals surface area contributed by atoms with E-state index in [1.54, 1.807) is 7.11 Å². The fraction of sp³-hybridized carbons (Fsp3) is 0.467. The van der Waals surface area contributed by atoms with Gasteiger partial charge in [-0.25, -0.2) is 0 Å². The quantitative estimate of drug-likeness (QED) is 0.851. The van der Waals surface area contributed by atoms with E-state index >= 15 is 0 Å². The maximum absolute atomic E-state index is 5.42. The highest BCUT2D eigenvalue weighted by Crippen LogP contribution is 2.29. The van der Waals surface area contributed by atoms with E-state index < -0.39 is 0 Å². The Labute approximate surface area is 114 Å². The number of benzene rings is 1. The van der Waals surface area contributed by atoms with Crippen LogP contribution in [-0.2, 0) is 5.75 Å². The molecule has 0 saturated carbocycles. The Balaban J connectivity index is 2.96. The van der Waals surface area contributed by atoms with Crippen molar-refractivity contribution in [3.63, 3.8) is 0 Å². The van der Waals surface area contributed by atoms with Gasteiger partial charge in [-0.2, -0.15) is 11.8 Å². The van der Waals surface area contributed by atoms with E-state index in [0.29, 0.717) is 6.54 Å². The topological polar surface area (TPSA) is 35.2 Å². The maximum Gasteiger partial charge on any atom is 0.119 e. The van der Waals surface area contributed by atoms with Crippen molar-refractivity contribution in [2.24, 2.45) is 5.73 Å². The number of nitrogens with two attached hydrogens (primary N) is 1. The molecule has 1 rings (SSSR count). The normalized spacial score (nSPS) is 10.7. The van der Waals surface area contributed by atoms with Crippen LogP contribution in [0.15, 0.2) is 18.2 Å². The third-order valence-corrected chi connectivity index (χ3v) is 3.62. The molecule has 0 saturated heterocycles. The van der Waals surface area contributed by atoms with E-state index in [2.05, 4.69) is 38.7 Å². The Morgan fingerprint density at radius 1 is 1.33 bits per heavy atom. The average Bonchev–Trinajstić information content (AvgIpc) is 2.33. The highest BCUT2D eigenvalue weighted by Gasteiger charge is 2.12. The lowest BCUT2D eigenvalue weighted by atomic mass is 10.1. The molecule has 98 valence electrons. The third-order valence-electron chi connectivity index (χ3n) is 2.30. The lowest BCUT2D eigenvalue weighted by molar-refractivity contribution is 0.414. The standard InChI is InChI=1S/C15H21NOS/c1-15(2,3)18-11-13-10-14(17-4)8-7-12(13)6-5-9-16/h7-8,10H,9,11,16H2,1-4H3. The van der Waals surface area contributed by atoms with Crippen molar-refractivity contribution in [1.82, 2.24) is 0 Å². The van der Waals surface area contributed by atoms with Gasteiger partial charge in [0, 0.05) is 16.1 Å². The lowest BCUT2D eigenvalue weighted by Crippen LogP contribution is -2.08. The molecule has 1 aromatic rings. The number of methoxy groups -OCH3 is 1. The van der Waals surface area contributed by atoms with Crippen molar-refractivity contribution in [2.45, 2.75) is 31.3 Å². The zero-order chi connectivity index (χ0) is 13.6. The summed E-state index contributed by atoms with van der Waals surface area (Å²) >= 11 is 1.90. The van der Waals surface area contributed by atoms with Gasteiger partial charge >= 0.3 is 0 Å². The molecule has 0 spiro atoms. The van der Waals surface area contributed by atoms with Gasteiger partial charge in [0.05, 0.1) is 13.7 Å². The van der Waals surface area contributed by atoms with E-state index in [1.165, 1.54) is 5.56 Å². The van der Waals surface area contributed by atoms with Crippen LogP contribution >= 0.6 is 11.8 Å². The van der Waals surface area contributed by atoms with Crippen LogP contribution in [0.5, 0.6) is 5.75 Å². The first-order chi connectivity index (χ1) is 8.46. The van der Waals surface area contributed by atoms with Gasteiger partial charge in [0.15, 0.2) is 0 Å². The fourth-order valence-corrected chi connectivity index (χ4v) is 2.21. The first kappa shape index (κ1) is 14.9. The molecule has 0 atom stereocenters. The Kier molecular flexibility index (Phi) is 5.58. The predicted molar refractivity (Wildman–Crippen MR) is 80.0 cm³/mol. The zero-order valence-corrected chi connectivity index (χ0v) is 12.4. The molecule has 1 aromatic carbocycles. The van der Waals surface area contributed by atoms with Crippen LogP contribution in [-0.4, -0.2) is 18.4 Å². The van der Waals surface area contributed by atoms with Gasteiger partial charge in [0.25, 0.3) is 0 Å². The predicted octanol–water partition coefficient (Wildman–Crippen LogP) is 3.04. The Hall–Kier alpha value is -1.11. The molecule has 0 unspecified atom stereocenters. The van der Waals surface area contributed by atoms with Crippen molar-refractivity contribution in [3.05, 3.63) is 29.3 Å². The summed E-state index contributed by atoms with van der Waals surface area (Å²) in [6.45, 7) is 7.02. The van der Waals surface area contributed by atoms with Gasteiger partial charge in [-0.1, -0.05) is 32.6 Å². The summed E-state index contributed by atoms with van der Waals surface area (Å²) in [5.41, 5.74) is 7.67. The van der Waals surface area contributed by atoms with Crippen LogP contribution in [0.2, 0.25) is 0 Å². The molecule has 18 heavy (non-hydrogen) atoms. The largest absolute Gasteiger partial charge is 0.497 e. The molecule has 2 N–H and O–H groups in total. The number of ether oxygens (including phenoxy) is 1. The van der Waals surface area contributed by atoms with Gasteiger partial charge in [-0.05, 0) is 23.8 Å². The summed E-state index contributed by atoms with van der Waals surface area (Å²) in [6, 6.07) is 5.99. The van der Waals surface area contributed by atoms with Crippen molar-refractivity contribution >= 4 is 11.8 Å². The molecular formula is C15H21NOS. The summed E-state index contributed by atoms with van der Waals surface area (Å²) in [6.07, 6.45) is 0. The van der Waals surface area contributed by atoms with E-state index in [9.17, 15) is 0 Å². The summed E-state index contributed by atoms with van der Waals surface area (Å²) < 4.78 is 5.50. The number of hydrogen-bond acceptors (Lipinski definition) is 3. The minimum absolute atomic E-state index is 0.238. The number of rotatable bonds is 3.